The molecule has 2 rings (SSSR count). The van der Waals surface area contributed by atoms with Crippen LogP contribution in [-0.2, 0) is 4.74 Å². The molecule has 0 bridgehead atoms. The Bertz CT molecular complexity index is 556. The van der Waals surface area contributed by atoms with Crippen molar-refractivity contribution < 1.29 is 19.4 Å². The topological polar surface area (TPSA) is 87.7 Å². The number of ether oxygens (including phenoxy) is 1. The van der Waals surface area contributed by atoms with Crippen LogP contribution in [0.3, 0.4) is 0 Å². The number of nitrogens with one attached hydrogen (secondary N) is 2. The van der Waals surface area contributed by atoms with Gasteiger partial charge in [-0.05, 0) is 53.9 Å². The number of carbonyl (C=O) groups excluding carboxylic acids is 1. The molecule has 0 aromatic heterocycles. The van der Waals surface area contributed by atoms with Crippen LogP contribution in [0.25, 0.3) is 0 Å². The maximum atomic E-state index is 12.1. The van der Waals surface area contributed by atoms with Crippen LogP contribution >= 0.6 is 15.9 Å². The number of carbonyl (C=O) groups is 2. The molecule has 1 fully saturated rings. The number of anilines is 1. The third-order valence-electron chi connectivity index (χ3n) is 3.48. The first-order valence-corrected chi connectivity index (χ1v) is 7.39. The van der Waals surface area contributed by atoms with Crippen molar-refractivity contribution in [2.45, 2.75) is 25.3 Å². The van der Waals surface area contributed by atoms with E-state index in [-0.39, 0.29) is 17.1 Å². The lowest BCUT2D eigenvalue weighted by Gasteiger charge is -2.34. The van der Waals surface area contributed by atoms with Gasteiger partial charge in [0.2, 0.25) is 0 Å². The van der Waals surface area contributed by atoms with Crippen molar-refractivity contribution in [2.24, 2.45) is 0 Å². The number of aromatic carboxylic acids is 1. The van der Waals surface area contributed by atoms with Gasteiger partial charge >= 0.3 is 12.0 Å². The lowest BCUT2D eigenvalue weighted by atomic mass is 9.93. The Labute approximate surface area is 131 Å². The highest BCUT2D eigenvalue weighted by Crippen LogP contribution is 2.24. The molecule has 1 aromatic rings. The zero-order chi connectivity index (χ0) is 15.5. The van der Waals surface area contributed by atoms with Crippen LogP contribution in [-0.4, -0.2) is 35.9 Å². The molecule has 114 valence electrons. The molecule has 1 aromatic carbocycles. The predicted molar refractivity (Wildman–Crippen MR) is 81.7 cm³/mol. The van der Waals surface area contributed by atoms with E-state index in [0.717, 1.165) is 12.8 Å². The average molecular weight is 357 g/mol. The van der Waals surface area contributed by atoms with Crippen LogP contribution in [0, 0.1) is 0 Å². The molecule has 0 spiro atoms. The average Bonchev–Trinajstić information content (AvgIpc) is 2.41. The summed E-state index contributed by atoms with van der Waals surface area (Å²) in [5, 5.41) is 14.6. The number of hydrogen-bond donors (Lipinski definition) is 3. The number of benzene rings is 1. The van der Waals surface area contributed by atoms with E-state index in [1.165, 1.54) is 12.1 Å². The van der Waals surface area contributed by atoms with Crippen LogP contribution in [0.15, 0.2) is 22.7 Å². The molecule has 0 aliphatic carbocycles. The predicted octanol–water partition coefficient (Wildman–Crippen LogP) is 2.84. The van der Waals surface area contributed by atoms with Crippen molar-refractivity contribution in [2.75, 3.05) is 18.5 Å². The van der Waals surface area contributed by atoms with E-state index in [1.807, 2.05) is 6.92 Å². The van der Waals surface area contributed by atoms with Gasteiger partial charge in [0, 0.05) is 23.2 Å². The summed E-state index contributed by atoms with van der Waals surface area (Å²) in [7, 11) is 0. The number of carboxylic acids is 1. The molecular weight excluding hydrogens is 340 g/mol. The number of urea groups is 1. The van der Waals surface area contributed by atoms with Gasteiger partial charge < -0.3 is 20.5 Å². The Morgan fingerprint density at radius 2 is 2.00 bits per heavy atom. The highest BCUT2D eigenvalue weighted by Gasteiger charge is 2.29. The summed E-state index contributed by atoms with van der Waals surface area (Å²) in [6.45, 7) is 3.25. The van der Waals surface area contributed by atoms with Crippen LogP contribution in [0.2, 0.25) is 0 Å². The minimum atomic E-state index is -1.01. The summed E-state index contributed by atoms with van der Waals surface area (Å²) >= 11 is 3.26. The van der Waals surface area contributed by atoms with E-state index in [1.54, 1.807) is 6.07 Å². The summed E-state index contributed by atoms with van der Waals surface area (Å²) < 4.78 is 5.81. The number of hydrogen-bond acceptors (Lipinski definition) is 3. The van der Waals surface area contributed by atoms with Gasteiger partial charge in [0.15, 0.2) is 0 Å². The van der Waals surface area contributed by atoms with E-state index in [4.69, 9.17) is 9.84 Å². The van der Waals surface area contributed by atoms with Crippen molar-refractivity contribution in [1.82, 2.24) is 5.32 Å². The molecule has 0 unspecified atom stereocenters. The highest BCUT2D eigenvalue weighted by atomic mass is 79.9. The number of rotatable bonds is 3. The maximum absolute atomic E-state index is 12.1. The Morgan fingerprint density at radius 3 is 2.57 bits per heavy atom. The smallest absolute Gasteiger partial charge is 0.335 e. The van der Waals surface area contributed by atoms with E-state index < -0.39 is 5.97 Å². The molecule has 21 heavy (non-hydrogen) atoms. The first kappa shape index (κ1) is 15.8. The highest BCUT2D eigenvalue weighted by molar-refractivity contribution is 9.10. The number of carboxylic acid groups (broad SMARTS) is 1. The van der Waals surface area contributed by atoms with Crippen molar-refractivity contribution in [3.8, 4) is 0 Å². The first-order valence-electron chi connectivity index (χ1n) is 6.59. The maximum Gasteiger partial charge on any atom is 0.335 e. The molecular formula is C14H17BrN2O4. The second kappa shape index (κ2) is 6.44. The molecule has 0 atom stereocenters. The van der Waals surface area contributed by atoms with E-state index in [9.17, 15) is 9.59 Å². The van der Waals surface area contributed by atoms with Crippen LogP contribution in [0.5, 0.6) is 0 Å². The normalized spacial score (nSPS) is 17.0. The van der Waals surface area contributed by atoms with Gasteiger partial charge in [-0.25, -0.2) is 9.59 Å². The summed E-state index contributed by atoms with van der Waals surface area (Å²) in [5.41, 5.74) is 0.396. The van der Waals surface area contributed by atoms with Crippen molar-refractivity contribution in [1.29, 1.82) is 0 Å². The molecule has 2 amide bonds. The quantitative estimate of drug-likeness (QED) is 0.776. The van der Waals surface area contributed by atoms with Gasteiger partial charge in [0.1, 0.15) is 0 Å². The van der Waals surface area contributed by atoms with Crippen molar-refractivity contribution in [3.63, 3.8) is 0 Å². The summed E-state index contributed by atoms with van der Waals surface area (Å²) in [4.78, 5) is 22.9. The molecule has 1 heterocycles. The zero-order valence-corrected chi connectivity index (χ0v) is 13.2. The largest absolute Gasteiger partial charge is 0.478 e. The van der Waals surface area contributed by atoms with Crippen LogP contribution in [0.1, 0.15) is 30.1 Å². The molecule has 1 aliphatic heterocycles. The van der Waals surface area contributed by atoms with Gasteiger partial charge in [-0.3, -0.25) is 0 Å². The lowest BCUT2D eigenvalue weighted by molar-refractivity contribution is 0.0499. The second-order valence-corrected chi connectivity index (χ2v) is 6.11. The number of amides is 2. The lowest BCUT2D eigenvalue weighted by Crippen LogP contribution is -2.51. The van der Waals surface area contributed by atoms with Gasteiger partial charge in [0.05, 0.1) is 11.3 Å². The molecule has 3 N–H and O–H groups in total. The fourth-order valence-electron chi connectivity index (χ4n) is 2.12. The second-order valence-electron chi connectivity index (χ2n) is 5.25. The summed E-state index contributed by atoms with van der Waals surface area (Å²) in [6.07, 6.45) is 1.53. The first-order chi connectivity index (χ1) is 9.89. The molecule has 7 heteroatoms. The Kier molecular flexibility index (Phi) is 4.84. The third-order valence-corrected chi connectivity index (χ3v) is 4.13. The van der Waals surface area contributed by atoms with E-state index in [0.29, 0.717) is 23.4 Å². The SMILES string of the molecule is CC1(NC(=O)Nc2ccc(C(=O)O)cc2Br)CCOCC1. The summed E-state index contributed by atoms with van der Waals surface area (Å²) in [5.74, 6) is -1.01. The fourth-order valence-corrected chi connectivity index (χ4v) is 2.60. The minimum absolute atomic E-state index is 0.157. The van der Waals surface area contributed by atoms with E-state index in [2.05, 4.69) is 26.6 Å². The van der Waals surface area contributed by atoms with Crippen molar-refractivity contribution >= 4 is 33.6 Å². The number of halogens is 1. The Balaban J connectivity index is 2.01. The van der Waals surface area contributed by atoms with Gasteiger partial charge in [-0.1, -0.05) is 0 Å². The Hall–Kier alpha value is -1.60. The summed E-state index contributed by atoms with van der Waals surface area (Å²) in [6, 6.07) is 4.13. The molecule has 1 saturated heterocycles. The van der Waals surface area contributed by atoms with Gasteiger partial charge in [-0.15, -0.1) is 0 Å². The molecule has 1 aliphatic rings. The van der Waals surface area contributed by atoms with Crippen molar-refractivity contribution in [3.05, 3.63) is 28.2 Å². The van der Waals surface area contributed by atoms with Gasteiger partial charge in [-0.2, -0.15) is 0 Å². The zero-order valence-electron chi connectivity index (χ0n) is 11.6. The monoisotopic (exact) mass is 356 g/mol. The molecule has 0 radical (unpaired) electrons. The fraction of sp³-hybridized carbons (Fsp3) is 0.429. The molecule has 0 saturated carbocycles. The van der Waals surface area contributed by atoms with Crippen LogP contribution < -0.4 is 10.6 Å². The third kappa shape index (κ3) is 4.18. The van der Waals surface area contributed by atoms with Gasteiger partial charge in [0.25, 0.3) is 0 Å². The molecule has 6 nitrogen and oxygen atoms in total. The minimum Gasteiger partial charge on any atom is -0.478 e. The van der Waals surface area contributed by atoms with Crippen LogP contribution in [0.4, 0.5) is 10.5 Å². The van der Waals surface area contributed by atoms with E-state index >= 15 is 0 Å². The standard InChI is InChI=1S/C14H17BrN2O4/c1-14(4-6-21-7-5-14)17-13(20)16-11-3-2-9(12(18)19)8-10(11)15/h2-3,8H,4-7H2,1H3,(H,18,19)(H2,16,17,20). The Morgan fingerprint density at radius 1 is 1.33 bits per heavy atom.